The van der Waals surface area contributed by atoms with Crippen molar-refractivity contribution >= 4 is 18.5 Å². The Kier molecular flexibility index (Phi) is 7.96. The number of aliphatic imine (C=N–C) groups is 2. The van der Waals surface area contributed by atoms with Crippen LogP contribution in [-0.2, 0) is 30.5 Å². The van der Waals surface area contributed by atoms with Crippen molar-refractivity contribution in [1.29, 1.82) is 0 Å². The van der Waals surface area contributed by atoms with Crippen LogP contribution in [0.5, 0.6) is 5.88 Å². The molecule has 2 aliphatic heterocycles. The van der Waals surface area contributed by atoms with Gasteiger partial charge in [0.25, 0.3) is 0 Å². The van der Waals surface area contributed by atoms with E-state index in [1.54, 1.807) is 9.47 Å². The summed E-state index contributed by atoms with van der Waals surface area (Å²) >= 11 is 0. The molecule has 3 aliphatic rings. The topological polar surface area (TPSA) is 101 Å². The fraction of sp³-hybridized carbons (Fsp3) is 0.438. The minimum absolute atomic E-state index is 0.0645. The maximum absolute atomic E-state index is 13.4. The van der Waals surface area contributed by atoms with E-state index >= 15 is 0 Å². The Labute approximate surface area is 259 Å². The lowest BCUT2D eigenvalue weighted by Gasteiger charge is -2.38. The lowest BCUT2D eigenvalue weighted by molar-refractivity contribution is -0.141. The minimum atomic E-state index is -4.51. The highest BCUT2D eigenvalue weighted by molar-refractivity contribution is 6.05. The number of hydrogen-bond donors (Lipinski definition) is 0. The summed E-state index contributed by atoms with van der Waals surface area (Å²) in [5.74, 6) is 1.73. The number of aryl methyl sites for hydroxylation is 2. The summed E-state index contributed by atoms with van der Waals surface area (Å²) in [6.07, 6.45) is 1.41. The number of fused-ring (bicyclic) bond motifs is 3. The molecule has 6 rings (SSSR count). The van der Waals surface area contributed by atoms with Crippen molar-refractivity contribution in [3.63, 3.8) is 0 Å². The van der Waals surface area contributed by atoms with E-state index in [1.165, 1.54) is 13.4 Å². The first-order valence-corrected chi connectivity index (χ1v) is 15.0. The molecule has 0 N–H and O–H groups in total. The molecule has 1 saturated carbocycles. The molecule has 1 aliphatic carbocycles. The lowest BCUT2D eigenvalue weighted by Crippen LogP contribution is -2.47. The highest BCUT2D eigenvalue weighted by atomic mass is 19.4. The van der Waals surface area contributed by atoms with E-state index in [-0.39, 0.29) is 24.4 Å². The molecule has 13 heteroatoms. The van der Waals surface area contributed by atoms with Crippen LogP contribution in [0, 0.1) is 0 Å². The Balaban J connectivity index is 1.40. The summed E-state index contributed by atoms with van der Waals surface area (Å²) in [4.78, 5) is 39.1. The molecule has 45 heavy (non-hydrogen) atoms. The van der Waals surface area contributed by atoms with Crippen molar-refractivity contribution in [3.05, 3.63) is 70.3 Å². The van der Waals surface area contributed by atoms with Crippen LogP contribution in [0.4, 0.5) is 13.2 Å². The van der Waals surface area contributed by atoms with Gasteiger partial charge in [0.1, 0.15) is 17.7 Å². The number of nitrogens with zero attached hydrogens (tertiary/aromatic N) is 8. The molecule has 0 spiro atoms. The number of carbonyl (C=O) groups is 1. The summed E-state index contributed by atoms with van der Waals surface area (Å²) in [7, 11) is 1.54. The van der Waals surface area contributed by atoms with Crippen LogP contribution in [0.3, 0.4) is 0 Å². The zero-order chi connectivity index (χ0) is 32.0. The molecule has 1 fully saturated rings. The van der Waals surface area contributed by atoms with Crippen LogP contribution >= 0.6 is 0 Å². The third-order valence-electron chi connectivity index (χ3n) is 8.38. The first-order valence-electron chi connectivity index (χ1n) is 15.0. The van der Waals surface area contributed by atoms with E-state index in [2.05, 4.69) is 26.7 Å². The van der Waals surface area contributed by atoms with Gasteiger partial charge in [-0.05, 0) is 64.3 Å². The Bertz CT molecular complexity index is 1720. The molecule has 0 bridgehead atoms. The number of benzene rings is 1. The molecule has 0 saturated heterocycles. The second-order valence-corrected chi connectivity index (χ2v) is 11.9. The van der Waals surface area contributed by atoms with Crippen molar-refractivity contribution in [1.82, 2.24) is 29.3 Å². The second kappa shape index (κ2) is 11.8. The van der Waals surface area contributed by atoms with Crippen LogP contribution in [-0.4, -0.2) is 67.5 Å². The Morgan fingerprint density at radius 1 is 1.22 bits per heavy atom. The third-order valence-corrected chi connectivity index (χ3v) is 8.38. The number of ether oxygens (including phenoxy) is 1. The number of alkyl halides is 3. The first-order chi connectivity index (χ1) is 21.5. The molecular formula is C32H35F3N8O2. The van der Waals surface area contributed by atoms with Gasteiger partial charge in [0, 0.05) is 36.8 Å². The van der Waals surface area contributed by atoms with Crippen LogP contribution in [0.25, 0.3) is 11.4 Å². The van der Waals surface area contributed by atoms with Gasteiger partial charge in [-0.3, -0.25) is 4.79 Å². The Hall–Kier alpha value is -4.55. The molecule has 4 heterocycles. The summed E-state index contributed by atoms with van der Waals surface area (Å²) < 4.78 is 47.5. The summed E-state index contributed by atoms with van der Waals surface area (Å²) in [6.45, 7) is 10.4. The number of amidine groups is 1. The van der Waals surface area contributed by atoms with Gasteiger partial charge in [-0.15, -0.1) is 0 Å². The molecule has 0 atom stereocenters. The number of rotatable bonds is 7. The molecular weight excluding hydrogens is 585 g/mol. The molecule has 1 aromatic carbocycles. The van der Waals surface area contributed by atoms with Gasteiger partial charge in [-0.1, -0.05) is 18.2 Å². The molecule has 1 amide bonds. The predicted octanol–water partition coefficient (Wildman–Crippen LogP) is 5.58. The van der Waals surface area contributed by atoms with Gasteiger partial charge in [0.2, 0.25) is 11.8 Å². The lowest BCUT2D eigenvalue weighted by atomic mass is 10.00. The van der Waals surface area contributed by atoms with Crippen molar-refractivity contribution in [2.45, 2.75) is 77.7 Å². The Morgan fingerprint density at radius 2 is 2.00 bits per heavy atom. The number of hydrogen-bond acceptors (Lipinski definition) is 7. The predicted molar refractivity (Wildman–Crippen MR) is 163 cm³/mol. The Morgan fingerprint density at radius 3 is 2.67 bits per heavy atom. The molecule has 236 valence electrons. The maximum Gasteiger partial charge on any atom is 0.434 e. The van der Waals surface area contributed by atoms with E-state index in [0.29, 0.717) is 66.1 Å². The van der Waals surface area contributed by atoms with E-state index < -0.39 is 11.9 Å². The second-order valence-electron chi connectivity index (χ2n) is 11.9. The van der Waals surface area contributed by atoms with Crippen molar-refractivity contribution in [2.75, 3.05) is 13.7 Å². The minimum Gasteiger partial charge on any atom is -0.480 e. The molecule has 2 aromatic heterocycles. The smallest absolute Gasteiger partial charge is 0.434 e. The van der Waals surface area contributed by atoms with Gasteiger partial charge in [0.05, 0.1) is 25.0 Å². The molecule has 3 aromatic rings. The highest BCUT2D eigenvalue weighted by Crippen LogP contribution is 2.42. The van der Waals surface area contributed by atoms with Crippen LogP contribution < -0.4 is 4.74 Å². The summed E-state index contributed by atoms with van der Waals surface area (Å²) in [5.41, 5.74) is 3.66. The fourth-order valence-electron chi connectivity index (χ4n) is 6.25. The zero-order valence-corrected chi connectivity index (χ0v) is 25.7. The summed E-state index contributed by atoms with van der Waals surface area (Å²) in [5, 5.41) is 0. The molecule has 10 nitrogen and oxygen atoms in total. The monoisotopic (exact) mass is 620 g/mol. The quantitative estimate of drug-likeness (QED) is 0.253. The van der Waals surface area contributed by atoms with E-state index in [0.717, 1.165) is 35.9 Å². The number of carbonyl (C=O) groups excluding carboxylic acids is 1. The number of imidazole rings is 1. The number of allylic oxidation sites excluding steroid dienone is 1. The normalized spacial score (nSPS) is 17.4. The standard InChI is InChI=1S/C32H35F3N8O2/c1-18(2)43-19(3)29(40-28(36-4)26-27(21-9-10-21)37-17-38-31(26)45-5)42(16-25(43)44)14-20-8-11-23-22(13-20)7-6-12-41-15-24(32(33,34)35)39-30(23)41/h8,11,13,15,17-18,21H,4,6-7,9-10,12,14,16H2,1-3,5H3. The SMILES string of the molecule is C=NC(=NC1=C(C)N(C(C)C)C(=O)CN1Cc1ccc2c(c1)CCCn1cc(C(F)(F)F)nc1-2)c1c(OC)ncnc1C1CC1. The van der Waals surface area contributed by atoms with E-state index in [1.807, 2.05) is 43.9 Å². The number of halogens is 3. The van der Waals surface area contributed by atoms with Gasteiger partial charge < -0.3 is 19.1 Å². The summed E-state index contributed by atoms with van der Waals surface area (Å²) in [6, 6.07) is 5.60. The number of aromatic nitrogens is 4. The van der Waals surface area contributed by atoms with Crippen LogP contribution in [0.15, 0.2) is 52.2 Å². The van der Waals surface area contributed by atoms with Crippen molar-refractivity contribution in [3.8, 4) is 17.3 Å². The van der Waals surface area contributed by atoms with Gasteiger partial charge in [-0.2, -0.15) is 13.2 Å². The highest BCUT2D eigenvalue weighted by Gasteiger charge is 2.37. The third kappa shape index (κ3) is 5.83. The average Bonchev–Trinajstić information content (AvgIpc) is 3.77. The van der Waals surface area contributed by atoms with Gasteiger partial charge >= 0.3 is 6.18 Å². The van der Waals surface area contributed by atoms with Crippen molar-refractivity contribution in [2.24, 2.45) is 9.98 Å². The van der Waals surface area contributed by atoms with Crippen LogP contribution in [0.1, 0.15) is 74.0 Å². The van der Waals surface area contributed by atoms with Gasteiger partial charge in [-0.25, -0.2) is 24.9 Å². The molecule has 0 unspecified atom stereocenters. The number of amides is 1. The fourth-order valence-corrected chi connectivity index (χ4v) is 6.25. The van der Waals surface area contributed by atoms with Gasteiger partial charge in [0.15, 0.2) is 17.4 Å². The van der Waals surface area contributed by atoms with E-state index in [9.17, 15) is 18.0 Å². The molecule has 0 radical (unpaired) electrons. The first kappa shape index (κ1) is 30.5. The average molecular weight is 621 g/mol. The van der Waals surface area contributed by atoms with Crippen LogP contribution in [0.2, 0.25) is 0 Å². The van der Waals surface area contributed by atoms with E-state index in [4.69, 9.17) is 9.73 Å². The zero-order valence-electron chi connectivity index (χ0n) is 25.7. The largest absolute Gasteiger partial charge is 0.480 e. The number of methoxy groups -OCH3 is 1. The maximum atomic E-state index is 13.4. The van der Waals surface area contributed by atoms with Crippen molar-refractivity contribution < 1.29 is 22.7 Å².